The first-order valence-electron chi connectivity index (χ1n) is 4.48. The van der Waals surface area contributed by atoms with Crippen molar-refractivity contribution in [1.82, 2.24) is 15.0 Å². The summed E-state index contributed by atoms with van der Waals surface area (Å²) in [5.41, 5.74) is 0.802. The molecule has 2 rings (SSSR count). The molecule has 4 nitrogen and oxygen atoms in total. The first-order valence-corrected chi connectivity index (χ1v) is 5.02. The van der Waals surface area contributed by atoms with Gasteiger partial charge in [0.15, 0.2) is 6.23 Å². The van der Waals surface area contributed by atoms with Crippen molar-refractivity contribution in [2.45, 2.75) is 31.4 Å². The van der Waals surface area contributed by atoms with Gasteiger partial charge in [-0.3, -0.25) is 0 Å². The van der Waals surface area contributed by atoms with Crippen LogP contribution in [0, 0.1) is 0 Å². The number of rotatable bonds is 2. The van der Waals surface area contributed by atoms with Crippen LogP contribution >= 0.6 is 11.6 Å². The Bertz CT molecular complexity index is 270. The Labute approximate surface area is 81.8 Å². The molecular formula is C8H12ClN3O. The van der Waals surface area contributed by atoms with Gasteiger partial charge >= 0.3 is 0 Å². The van der Waals surface area contributed by atoms with Crippen molar-refractivity contribution in [3.05, 3.63) is 11.9 Å². The quantitative estimate of drug-likeness (QED) is 0.684. The van der Waals surface area contributed by atoms with Crippen LogP contribution in [-0.4, -0.2) is 21.6 Å². The summed E-state index contributed by atoms with van der Waals surface area (Å²) in [5.74, 6) is 0.409. The number of alkyl halides is 1. The molecule has 1 atom stereocenters. The highest BCUT2D eigenvalue weighted by Gasteiger charge is 2.17. The summed E-state index contributed by atoms with van der Waals surface area (Å²) in [6.07, 6.45) is 5.02. The van der Waals surface area contributed by atoms with E-state index in [0.29, 0.717) is 5.88 Å². The number of aromatic nitrogens is 3. The third kappa shape index (κ3) is 2.00. The average molecular weight is 202 g/mol. The normalized spacial score (nSPS) is 23.3. The summed E-state index contributed by atoms with van der Waals surface area (Å²) in [7, 11) is 0. The van der Waals surface area contributed by atoms with Crippen LogP contribution in [0.4, 0.5) is 0 Å². The monoisotopic (exact) mass is 201 g/mol. The van der Waals surface area contributed by atoms with E-state index in [4.69, 9.17) is 16.3 Å². The second-order valence-electron chi connectivity index (χ2n) is 3.11. The summed E-state index contributed by atoms with van der Waals surface area (Å²) >= 11 is 5.62. The Hall–Kier alpha value is -0.610. The van der Waals surface area contributed by atoms with Gasteiger partial charge in [0.1, 0.15) is 0 Å². The molecule has 72 valence electrons. The van der Waals surface area contributed by atoms with Gasteiger partial charge in [-0.25, -0.2) is 0 Å². The topological polar surface area (TPSA) is 39.9 Å². The molecule has 0 N–H and O–H groups in total. The van der Waals surface area contributed by atoms with Crippen LogP contribution in [0.1, 0.15) is 31.2 Å². The van der Waals surface area contributed by atoms with Crippen molar-refractivity contribution in [2.75, 3.05) is 6.61 Å². The molecule has 0 aromatic carbocycles. The fourth-order valence-electron chi connectivity index (χ4n) is 1.41. The van der Waals surface area contributed by atoms with Crippen LogP contribution in [0.3, 0.4) is 0 Å². The standard InChI is InChI=1S/C8H12ClN3O/c9-5-7-6-10-12(11-7)8-3-1-2-4-13-8/h6,8H,1-5H2. The molecule has 0 amide bonds. The Morgan fingerprint density at radius 1 is 1.62 bits per heavy atom. The predicted molar refractivity (Wildman–Crippen MR) is 48.4 cm³/mol. The minimum absolute atomic E-state index is 0.0192. The van der Waals surface area contributed by atoms with E-state index in [1.807, 2.05) is 0 Å². The fraction of sp³-hybridized carbons (Fsp3) is 0.750. The van der Waals surface area contributed by atoms with Gasteiger partial charge in [-0.15, -0.1) is 11.6 Å². The fourth-order valence-corrected chi connectivity index (χ4v) is 1.54. The Morgan fingerprint density at radius 2 is 2.54 bits per heavy atom. The highest BCUT2D eigenvalue weighted by Crippen LogP contribution is 2.20. The largest absolute Gasteiger partial charge is 0.355 e. The number of ether oxygens (including phenoxy) is 1. The van der Waals surface area contributed by atoms with Crippen LogP contribution in [0.2, 0.25) is 0 Å². The lowest BCUT2D eigenvalue weighted by molar-refractivity contribution is -0.0481. The highest BCUT2D eigenvalue weighted by atomic mass is 35.5. The zero-order valence-corrected chi connectivity index (χ0v) is 8.07. The van der Waals surface area contributed by atoms with Crippen molar-refractivity contribution in [2.24, 2.45) is 0 Å². The Balaban J connectivity index is 2.05. The van der Waals surface area contributed by atoms with Gasteiger partial charge in [-0.2, -0.15) is 15.0 Å². The molecule has 0 saturated carbocycles. The van der Waals surface area contributed by atoms with E-state index in [-0.39, 0.29) is 6.23 Å². The van der Waals surface area contributed by atoms with Gasteiger partial charge in [0, 0.05) is 6.61 Å². The molecule has 1 aromatic rings. The molecule has 1 aliphatic heterocycles. The maximum atomic E-state index is 5.62. The molecular weight excluding hydrogens is 190 g/mol. The van der Waals surface area contributed by atoms with Crippen LogP contribution < -0.4 is 0 Å². The third-order valence-electron chi connectivity index (χ3n) is 2.11. The van der Waals surface area contributed by atoms with Crippen molar-refractivity contribution >= 4 is 11.6 Å². The highest BCUT2D eigenvalue weighted by molar-refractivity contribution is 6.16. The summed E-state index contributed by atoms with van der Waals surface area (Å²) in [6, 6.07) is 0. The van der Waals surface area contributed by atoms with Crippen molar-refractivity contribution < 1.29 is 4.74 Å². The molecule has 1 fully saturated rings. The van der Waals surface area contributed by atoms with E-state index >= 15 is 0 Å². The predicted octanol–water partition coefficient (Wildman–Crippen LogP) is 1.72. The molecule has 13 heavy (non-hydrogen) atoms. The van der Waals surface area contributed by atoms with Gasteiger partial charge in [0.05, 0.1) is 17.8 Å². The van der Waals surface area contributed by atoms with E-state index in [1.54, 1.807) is 11.0 Å². The van der Waals surface area contributed by atoms with Crippen LogP contribution in [0.5, 0.6) is 0 Å². The number of nitrogens with zero attached hydrogens (tertiary/aromatic N) is 3. The average Bonchev–Trinajstić information content (AvgIpc) is 2.67. The maximum Gasteiger partial charge on any atom is 0.169 e. The van der Waals surface area contributed by atoms with E-state index in [9.17, 15) is 0 Å². The molecule has 1 saturated heterocycles. The first kappa shape index (κ1) is 8.97. The van der Waals surface area contributed by atoms with E-state index < -0.39 is 0 Å². The number of hydrogen-bond acceptors (Lipinski definition) is 3. The number of halogens is 1. The summed E-state index contributed by atoms with van der Waals surface area (Å²) in [6.45, 7) is 0.808. The summed E-state index contributed by atoms with van der Waals surface area (Å²) in [4.78, 5) is 1.62. The Morgan fingerprint density at radius 3 is 3.15 bits per heavy atom. The summed E-state index contributed by atoms with van der Waals surface area (Å²) in [5, 5.41) is 8.31. The maximum absolute atomic E-state index is 5.62. The molecule has 1 aromatic heterocycles. The summed E-state index contributed by atoms with van der Waals surface area (Å²) < 4.78 is 5.52. The van der Waals surface area contributed by atoms with E-state index in [2.05, 4.69) is 10.2 Å². The van der Waals surface area contributed by atoms with Crippen LogP contribution in [0.25, 0.3) is 0 Å². The molecule has 2 heterocycles. The van der Waals surface area contributed by atoms with E-state index in [0.717, 1.165) is 25.1 Å². The van der Waals surface area contributed by atoms with Gasteiger partial charge in [0.2, 0.25) is 0 Å². The smallest absolute Gasteiger partial charge is 0.169 e. The second-order valence-corrected chi connectivity index (χ2v) is 3.38. The number of hydrogen-bond donors (Lipinski definition) is 0. The zero-order chi connectivity index (χ0) is 9.10. The molecule has 1 unspecified atom stereocenters. The van der Waals surface area contributed by atoms with Crippen molar-refractivity contribution in [3.63, 3.8) is 0 Å². The lowest BCUT2D eigenvalue weighted by atomic mass is 10.2. The lowest BCUT2D eigenvalue weighted by Crippen LogP contribution is -2.20. The SMILES string of the molecule is ClCc1cnn(C2CCCCO2)n1. The molecule has 0 radical (unpaired) electrons. The zero-order valence-electron chi connectivity index (χ0n) is 7.32. The molecule has 0 spiro atoms. The van der Waals surface area contributed by atoms with Crippen molar-refractivity contribution in [3.8, 4) is 0 Å². The minimum atomic E-state index is 0.0192. The van der Waals surface area contributed by atoms with Gasteiger partial charge in [-0.1, -0.05) is 0 Å². The molecule has 1 aliphatic rings. The van der Waals surface area contributed by atoms with Gasteiger partial charge in [0.25, 0.3) is 0 Å². The van der Waals surface area contributed by atoms with Crippen LogP contribution in [-0.2, 0) is 10.6 Å². The van der Waals surface area contributed by atoms with Crippen LogP contribution in [0.15, 0.2) is 6.20 Å². The molecule has 5 heteroatoms. The third-order valence-corrected chi connectivity index (χ3v) is 2.38. The molecule has 0 bridgehead atoms. The Kier molecular flexibility index (Phi) is 2.80. The molecule has 0 aliphatic carbocycles. The first-order chi connectivity index (χ1) is 6.40. The minimum Gasteiger partial charge on any atom is -0.355 e. The second kappa shape index (κ2) is 4.07. The lowest BCUT2D eigenvalue weighted by Gasteiger charge is -2.21. The van der Waals surface area contributed by atoms with Gasteiger partial charge < -0.3 is 4.74 Å². The van der Waals surface area contributed by atoms with Crippen molar-refractivity contribution in [1.29, 1.82) is 0 Å². The van der Waals surface area contributed by atoms with Gasteiger partial charge in [-0.05, 0) is 19.3 Å². The van der Waals surface area contributed by atoms with E-state index in [1.165, 1.54) is 6.42 Å².